The van der Waals surface area contributed by atoms with Crippen molar-refractivity contribution in [3.05, 3.63) is 72.3 Å². The van der Waals surface area contributed by atoms with E-state index in [1.165, 1.54) is 25.4 Å². The first-order valence-electron chi connectivity index (χ1n) is 9.69. The predicted octanol–water partition coefficient (Wildman–Crippen LogP) is 4.27. The molecule has 9 heteroatoms. The summed E-state index contributed by atoms with van der Waals surface area (Å²) in [7, 11) is 1.21. The lowest BCUT2D eigenvalue weighted by Gasteiger charge is -2.11. The Morgan fingerprint density at radius 2 is 1.62 bits per heavy atom. The number of ether oxygens (including phenoxy) is 1. The Labute approximate surface area is 189 Å². The Kier molecular flexibility index (Phi) is 7.71. The molecule has 8 nitrogen and oxygen atoms in total. The number of benzene rings is 2. The molecule has 0 unspecified atom stereocenters. The Morgan fingerprint density at radius 1 is 0.969 bits per heavy atom. The third-order valence-electron chi connectivity index (χ3n) is 4.17. The Hall–Kier alpha value is -3.98. The van der Waals surface area contributed by atoms with Crippen molar-refractivity contribution in [3.8, 4) is 10.4 Å². The largest absolute Gasteiger partial charge is 0.453 e. The van der Waals surface area contributed by atoms with Crippen LogP contribution in [0.5, 0.6) is 0 Å². The highest BCUT2D eigenvalue weighted by Gasteiger charge is 2.16. The maximum Gasteiger partial charge on any atom is 0.413 e. The van der Waals surface area contributed by atoms with Crippen molar-refractivity contribution in [3.63, 3.8) is 0 Å². The second-order valence-electron chi connectivity index (χ2n) is 6.66. The molecule has 3 rings (SSSR count). The van der Waals surface area contributed by atoms with Crippen LogP contribution in [0.4, 0.5) is 15.5 Å². The molecule has 3 N–H and O–H groups in total. The highest BCUT2D eigenvalue weighted by molar-refractivity contribution is 7.20. The van der Waals surface area contributed by atoms with Gasteiger partial charge in [-0.1, -0.05) is 60.7 Å². The molecule has 0 aliphatic rings. The number of guanidine groups is 1. The molecule has 3 aromatic rings. The maximum atomic E-state index is 12.5. The van der Waals surface area contributed by atoms with Gasteiger partial charge in [-0.15, -0.1) is 11.3 Å². The van der Waals surface area contributed by atoms with Crippen molar-refractivity contribution in [2.75, 3.05) is 17.7 Å². The topological polar surface area (TPSA) is 109 Å². The van der Waals surface area contributed by atoms with Gasteiger partial charge in [-0.3, -0.25) is 14.9 Å². The number of anilines is 2. The molecule has 0 saturated heterocycles. The Bertz CT molecular complexity index is 1130. The number of methoxy groups -OCH3 is 1. The highest BCUT2D eigenvalue weighted by Crippen LogP contribution is 2.38. The number of nitrogens with zero attached hydrogens (tertiary/aromatic N) is 1. The zero-order chi connectivity index (χ0) is 22.9. The maximum absolute atomic E-state index is 12.5. The zero-order valence-electron chi connectivity index (χ0n) is 17.5. The van der Waals surface area contributed by atoms with Crippen LogP contribution in [0.1, 0.15) is 12.5 Å². The van der Waals surface area contributed by atoms with Crippen molar-refractivity contribution < 1.29 is 19.1 Å². The number of carbonyl (C=O) groups excluding carboxylic acids is 3. The van der Waals surface area contributed by atoms with E-state index in [-0.39, 0.29) is 18.3 Å². The number of hydrogen-bond donors (Lipinski definition) is 3. The molecule has 32 heavy (non-hydrogen) atoms. The fraction of sp³-hybridized carbons (Fsp3) is 0.130. The minimum absolute atomic E-state index is 0.0618. The van der Waals surface area contributed by atoms with Crippen LogP contribution in [-0.2, 0) is 20.7 Å². The van der Waals surface area contributed by atoms with E-state index < -0.39 is 12.0 Å². The minimum atomic E-state index is -0.789. The van der Waals surface area contributed by atoms with Gasteiger partial charge in [0.15, 0.2) is 0 Å². The van der Waals surface area contributed by atoms with Crippen LogP contribution in [0.15, 0.2) is 71.7 Å². The lowest BCUT2D eigenvalue weighted by molar-refractivity contribution is -0.117. The van der Waals surface area contributed by atoms with E-state index in [2.05, 4.69) is 25.7 Å². The van der Waals surface area contributed by atoms with Crippen LogP contribution in [0.2, 0.25) is 0 Å². The Balaban J connectivity index is 1.90. The van der Waals surface area contributed by atoms with E-state index in [9.17, 15) is 14.4 Å². The van der Waals surface area contributed by atoms with Crippen molar-refractivity contribution in [2.24, 2.45) is 4.99 Å². The quantitative estimate of drug-likeness (QED) is 0.397. The second kappa shape index (κ2) is 10.9. The van der Waals surface area contributed by atoms with Gasteiger partial charge in [0.2, 0.25) is 11.9 Å². The number of thiophene rings is 1. The summed E-state index contributed by atoms with van der Waals surface area (Å²) in [5.74, 6) is -0.828. The van der Waals surface area contributed by atoms with Gasteiger partial charge in [0.05, 0.1) is 19.2 Å². The molecule has 2 aromatic carbocycles. The number of amides is 3. The minimum Gasteiger partial charge on any atom is -0.453 e. The zero-order valence-corrected chi connectivity index (χ0v) is 18.4. The molecule has 0 atom stereocenters. The number of nitrogens with one attached hydrogen (secondary N) is 3. The van der Waals surface area contributed by atoms with Crippen molar-refractivity contribution in [2.45, 2.75) is 13.3 Å². The number of rotatable bonds is 5. The first kappa shape index (κ1) is 22.7. The van der Waals surface area contributed by atoms with Gasteiger partial charge in [-0.05, 0) is 17.2 Å². The molecule has 0 bridgehead atoms. The van der Waals surface area contributed by atoms with E-state index in [1.807, 2.05) is 60.7 Å². The molecule has 0 fully saturated rings. The van der Waals surface area contributed by atoms with Gasteiger partial charge in [-0.25, -0.2) is 4.79 Å². The predicted molar refractivity (Wildman–Crippen MR) is 126 cm³/mol. The first-order chi connectivity index (χ1) is 15.4. The molecule has 3 amide bonds. The summed E-state index contributed by atoms with van der Waals surface area (Å²) in [5.41, 5.74) is 2.22. The normalized spacial score (nSPS) is 10.9. The summed E-state index contributed by atoms with van der Waals surface area (Å²) in [6.45, 7) is 1.40. The van der Waals surface area contributed by atoms with Gasteiger partial charge < -0.3 is 15.4 Å². The van der Waals surface area contributed by atoms with Crippen molar-refractivity contribution in [1.82, 2.24) is 5.32 Å². The second-order valence-corrected chi connectivity index (χ2v) is 7.71. The molecule has 0 aliphatic heterocycles. The summed E-state index contributed by atoms with van der Waals surface area (Å²) in [4.78, 5) is 40.9. The van der Waals surface area contributed by atoms with Crippen molar-refractivity contribution in [1.29, 1.82) is 0 Å². The summed E-state index contributed by atoms with van der Waals surface area (Å²) in [5, 5.41) is 8.63. The number of alkyl carbamates (subject to hydrolysis) is 1. The van der Waals surface area contributed by atoms with Gasteiger partial charge >= 0.3 is 6.09 Å². The van der Waals surface area contributed by atoms with Gasteiger partial charge in [0, 0.05) is 11.8 Å². The van der Waals surface area contributed by atoms with Crippen LogP contribution in [0, 0.1) is 0 Å². The van der Waals surface area contributed by atoms with Gasteiger partial charge in [0.25, 0.3) is 5.91 Å². The van der Waals surface area contributed by atoms with E-state index in [0.717, 1.165) is 16.0 Å². The van der Waals surface area contributed by atoms with Crippen LogP contribution in [0.3, 0.4) is 0 Å². The summed E-state index contributed by atoms with van der Waals surface area (Å²) >= 11 is 1.35. The number of hydrogen-bond acceptors (Lipinski definition) is 5. The SMILES string of the molecule is COC(=O)NC(=NC(=O)Cc1ccccc1)Nc1cc(-c2ccccc2)sc1NC(C)=O. The molecule has 0 spiro atoms. The molecular formula is C23H22N4O4S. The van der Waals surface area contributed by atoms with E-state index in [1.54, 1.807) is 6.07 Å². The average molecular weight is 451 g/mol. The van der Waals surface area contributed by atoms with E-state index >= 15 is 0 Å². The third-order valence-corrected chi connectivity index (χ3v) is 5.27. The lowest BCUT2D eigenvalue weighted by atomic mass is 10.1. The monoisotopic (exact) mass is 450 g/mol. The highest BCUT2D eigenvalue weighted by atomic mass is 32.1. The fourth-order valence-electron chi connectivity index (χ4n) is 2.78. The summed E-state index contributed by atoms with van der Waals surface area (Å²) < 4.78 is 4.64. The molecule has 0 radical (unpaired) electrons. The fourth-order valence-corrected chi connectivity index (χ4v) is 3.84. The number of aliphatic imine (C=N–C) groups is 1. The number of carbonyl (C=O) groups is 3. The van der Waals surface area contributed by atoms with Crippen LogP contribution >= 0.6 is 11.3 Å². The third kappa shape index (κ3) is 6.51. The molecule has 1 aromatic heterocycles. The van der Waals surface area contributed by atoms with Crippen LogP contribution in [0.25, 0.3) is 10.4 Å². The van der Waals surface area contributed by atoms with E-state index in [0.29, 0.717) is 10.7 Å². The summed E-state index contributed by atoms with van der Waals surface area (Å²) in [6, 6.07) is 20.6. The van der Waals surface area contributed by atoms with E-state index in [4.69, 9.17) is 0 Å². The molecule has 0 aliphatic carbocycles. The molecule has 1 heterocycles. The average Bonchev–Trinajstić information content (AvgIpc) is 3.16. The first-order valence-corrected chi connectivity index (χ1v) is 10.5. The summed E-state index contributed by atoms with van der Waals surface area (Å²) in [6.07, 6.45) is -0.727. The lowest BCUT2D eigenvalue weighted by Crippen LogP contribution is -2.36. The Morgan fingerprint density at radius 3 is 2.25 bits per heavy atom. The van der Waals surface area contributed by atoms with Crippen molar-refractivity contribution >= 4 is 45.9 Å². The van der Waals surface area contributed by atoms with Crippen LogP contribution < -0.4 is 16.0 Å². The molecular weight excluding hydrogens is 428 g/mol. The standard InChI is InChI=1S/C23H22N4O4S/c1-15(28)24-21-18(14-19(32-21)17-11-7-4-8-12-17)25-22(27-23(30)31-2)26-20(29)13-16-9-5-3-6-10-16/h3-12,14H,13H2,1-2H3,(H,24,28)(H2,25,26,27,29,30). The van der Waals surface area contributed by atoms with Gasteiger partial charge in [0.1, 0.15) is 5.00 Å². The molecule has 164 valence electrons. The van der Waals surface area contributed by atoms with Gasteiger partial charge in [-0.2, -0.15) is 4.99 Å². The van der Waals surface area contributed by atoms with Crippen LogP contribution in [-0.4, -0.2) is 31.0 Å². The smallest absolute Gasteiger partial charge is 0.413 e. The molecule has 0 saturated carbocycles.